The van der Waals surface area contributed by atoms with E-state index in [1.54, 1.807) is 0 Å². The maximum absolute atomic E-state index is 11.5. The topological polar surface area (TPSA) is 49.4 Å². The molecule has 5 heteroatoms. The van der Waals surface area contributed by atoms with Gasteiger partial charge in [-0.25, -0.2) is 8.42 Å². The molecule has 0 spiro atoms. The van der Waals surface area contributed by atoms with E-state index in [2.05, 4.69) is 24.2 Å². The van der Waals surface area contributed by atoms with Crippen molar-refractivity contribution in [3.05, 3.63) is 0 Å². The lowest BCUT2D eigenvalue weighted by atomic mass is 9.78. The fourth-order valence-corrected chi connectivity index (χ4v) is 4.81. The van der Waals surface area contributed by atoms with Crippen molar-refractivity contribution in [1.29, 1.82) is 0 Å². The summed E-state index contributed by atoms with van der Waals surface area (Å²) in [6, 6.07) is 0.849. The molecule has 2 fully saturated rings. The predicted octanol–water partition coefficient (Wildman–Crippen LogP) is 0.493. The van der Waals surface area contributed by atoms with Gasteiger partial charge in [0.25, 0.3) is 0 Å². The van der Waals surface area contributed by atoms with Crippen molar-refractivity contribution in [3.8, 4) is 0 Å². The summed E-state index contributed by atoms with van der Waals surface area (Å²) >= 11 is 0. The Kier molecular flexibility index (Phi) is 4.10. The van der Waals surface area contributed by atoms with Crippen LogP contribution in [0, 0.1) is 5.92 Å². The predicted molar refractivity (Wildman–Crippen MR) is 69.9 cm³/mol. The second kappa shape index (κ2) is 5.24. The highest BCUT2D eigenvalue weighted by atomic mass is 32.2. The Morgan fingerprint density at radius 2 is 2.06 bits per heavy atom. The summed E-state index contributed by atoms with van der Waals surface area (Å²) in [6.07, 6.45) is 3.33. The van der Waals surface area contributed by atoms with Crippen molar-refractivity contribution in [2.75, 3.05) is 31.6 Å². The standard InChI is InChI=1S/C12H24N2O2S/c1-3-13-8-10-4-5-12(10)14(2)11-6-7-17(15,16)9-11/h10-13H,3-9H2,1-2H3. The molecule has 1 heterocycles. The number of nitrogens with one attached hydrogen (secondary N) is 1. The summed E-state index contributed by atoms with van der Waals surface area (Å²) in [4.78, 5) is 2.33. The van der Waals surface area contributed by atoms with Crippen molar-refractivity contribution < 1.29 is 8.42 Å². The van der Waals surface area contributed by atoms with Crippen LogP contribution in [0.2, 0.25) is 0 Å². The molecule has 0 aromatic heterocycles. The Labute approximate surface area is 105 Å². The first kappa shape index (κ1) is 13.3. The zero-order valence-electron chi connectivity index (χ0n) is 10.9. The van der Waals surface area contributed by atoms with Crippen LogP contribution in [0.3, 0.4) is 0 Å². The third-order valence-corrected chi connectivity index (χ3v) is 6.09. The number of sulfone groups is 1. The molecule has 100 valence electrons. The van der Waals surface area contributed by atoms with Gasteiger partial charge in [-0.05, 0) is 45.3 Å². The minimum absolute atomic E-state index is 0.259. The van der Waals surface area contributed by atoms with Gasteiger partial charge < -0.3 is 5.32 Å². The molecule has 0 amide bonds. The minimum Gasteiger partial charge on any atom is -0.317 e. The summed E-state index contributed by atoms with van der Waals surface area (Å²) in [5.41, 5.74) is 0. The van der Waals surface area contributed by atoms with E-state index in [1.165, 1.54) is 12.8 Å². The number of hydrogen-bond donors (Lipinski definition) is 1. The number of rotatable bonds is 5. The Morgan fingerprint density at radius 3 is 2.53 bits per heavy atom. The van der Waals surface area contributed by atoms with Crippen LogP contribution in [-0.4, -0.2) is 57.0 Å². The first-order valence-electron chi connectivity index (χ1n) is 6.66. The van der Waals surface area contributed by atoms with Gasteiger partial charge in [0, 0.05) is 12.1 Å². The van der Waals surface area contributed by atoms with Crippen molar-refractivity contribution in [2.24, 2.45) is 5.92 Å². The SMILES string of the molecule is CCNCC1CCC1N(C)C1CCS(=O)(=O)C1. The molecular formula is C12H24N2O2S. The van der Waals surface area contributed by atoms with E-state index in [0.717, 1.165) is 19.5 Å². The first-order valence-corrected chi connectivity index (χ1v) is 8.48. The summed E-state index contributed by atoms with van der Waals surface area (Å²) in [6.45, 7) is 4.22. The van der Waals surface area contributed by atoms with E-state index in [4.69, 9.17) is 0 Å². The van der Waals surface area contributed by atoms with E-state index in [9.17, 15) is 8.42 Å². The average molecular weight is 260 g/mol. The van der Waals surface area contributed by atoms with Crippen LogP contribution in [-0.2, 0) is 9.84 Å². The Hall–Kier alpha value is -0.130. The third-order valence-electron chi connectivity index (χ3n) is 4.34. The molecule has 17 heavy (non-hydrogen) atoms. The van der Waals surface area contributed by atoms with Crippen LogP contribution >= 0.6 is 0 Å². The summed E-state index contributed by atoms with van der Waals surface area (Å²) in [5, 5.41) is 3.40. The summed E-state index contributed by atoms with van der Waals surface area (Å²) < 4.78 is 23.0. The molecule has 0 aromatic rings. The number of hydrogen-bond acceptors (Lipinski definition) is 4. The molecule has 3 unspecified atom stereocenters. The van der Waals surface area contributed by atoms with E-state index in [-0.39, 0.29) is 6.04 Å². The second-order valence-corrected chi connectivity index (χ2v) is 7.66. The Bertz CT molecular complexity index is 356. The zero-order valence-corrected chi connectivity index (χ0v) is 11.7. The number of nitrogens with zero attached hydrogens (tertiary/aromatic N) is 1. The molecule has 4 nitrogen and oxygen atoms in total. The van der Waals surface area contributed by atoms with Gasteiger partial charge in [-0.1, -0.05) is 6.92 Å². The largest absolute Gasteiger partial charge is 0.317 e. The summed E-state index contributed by atoms with van der Waals surface area (Å²) in [5.74, 6) is 1.46. The van der Waals surface area contributed by atoms with Crippen molar-refractivity contribution in [3.63, 3.8) is 0 Å². The van der Waals surface area contributed by atoms with E-state index in [1.807, 2.05) is 0 Å². The Balaban J connectivity index is 1.86. The molecule has 1 saturated heterocycles. The minimum atomic E-state index is -2.75. The van der Waals surface area contributed by atoms with E-state index in [0.29, 0.717) is 23.5 Å². The maximum Gasteiger partial charge on any atom is 0.151 e. The van der Waals surface area contributed by atoms with Crippen LogP contribution in [0.5, 0.6) is 0 Å². The highest BCUT2D eigenvalue weighted by molar-refractivity contribution is 7.91. The smallest absolute Gasteiger partial charge is 0.151 e. The second-order valence-electron chi connectivity index (χ2n) is 5.43. The molecule has 1 aliphatic heterocycles. The quantitative estimate of drug-likeness (QED) is 0.782. The normalized spacial score (nSPS) is 36.1. The van der Waals surface area contributed by atoms with Gasteiger partial charge in [-0.2, -0.15) is 0 Å². The van der Waals surface area contributed by atoms with Gasteiger partial charge in [-0.15, -0.1) is 0 Å². The fraction of sp³-hybridized carbons (Fsp3) is 1.00. The lowest BCUT2D eigenvalue weighted by Gasteiger charge is -2.45. The van der Waals surface area contributed by atoms with Crippen LogP contribution in [0.15, 0.2) is 0 Å². The fourth-order valence-electron chi connectivity index (χ4n) is 3.02. The molecule has 1 saturated carbocycles. The van der Waals surface area contributed by atoms with E-state index < -0.39 is 9.84 Å². The van der Waals surface area contributed by atoms with Crippen molar-refractivity contribution in [1.82, 2.24) is 10.2 Å². The van der Waals surface area contributed by atoms with Gasteiger partial charge in [0.05, 0.1) is 11.5 Å². The molecule has 1 N–H and O–H groups in total. The van der Waals surface area contributed by atoms with Crippen molar-refractivity contribution >= 4 is 9.84 Å². The van der Waals surface area contributed by atoms with Gasteiger partial charge in [0.2, 0.25) is 0 Å². The van der Waals surface area contributed by atoms with Crippen LogP contribution in [0.1, 0.15) is 26.2 Å². The Morgan fingerprint density at radius 1 is 1.29 bits per heavy atom. The molecule has 0 aromatic carbocycles. The third kappa shape index (κ3) is 3.01. The average Bonchev–Trinajstić information content (AvgIpc) is 2.58. The molecule has 2 aliphatic rings. The van der Waals surface area contributed by atoms with E-state index >= 15 is 0 Å². The molecule has 0 bridgehead atoms. The van der Waals surface area contributed by atoms with Crippen LogP contribution in [0.4, 0.5) is 0 Å². The molecule has 0 radical (unpaired) electrons. The van der Waals surface area contributed by atoms with Crippen molar-refractivity contribution in [2.45, 2.75) is 38.3 Å². The highest BCUT2D eigenvalue weighted by Gasteiger charge is 2.39. The maximum atomic E-state index is 11.5. The molecule has 2 rings (SSSR count). The zero-order chi connectivity index (χ0) is 12.5. The monoisotopic (exact) mass is 260 g/mol. The molecular weight excluding hydrogens is 236 g/mol. The first-order chi connectivity index (χ1) is 8.03. The lowest BCUT2D eigenvalue weighted by Crippen LogP contribution is -2.52. The van der Waals surface area contributed by atoms with Crippen LogP contribution in [0.25, 0.3) is 0 Å². The van der Waals surface area contributed by atoms with Crippen LogP contribution < -0.4 is 5.32 Å². The van der Waals surface area contributed by atoms with Gasteiger partial charge >= 0.3 is 0 Å². The van der Waals surface area contributed by atoms with Gasteiger partial charge in [0.1, 0.15) is 0 Å². The lowest BCUT2D eigenvalue weighted by molar-refractivity contribution is 0.0577. The van der Waals surface area contributed by atoms with Gasteiger partial charge in [-0.3, -0.25) is 4.90 Å². The molecule has 3 atom stereocenters. The molecule has 1 aliphatic carbocycles. The van der Waals surface area contributed by atoms with Gasteiger partial charge in [0.15, 0.2) is 9.84 Å². The highest BCUT2D eigenvalue weighted by Crippen LogP contribution is 2.33. The summed E-state index contributed by atoms with van der Waals surface area (Å²) in [7, 11) is -0.644.